The number of hydrogen-bond acceptors (Lipinski definition) is 2. The monoisotopic (exact) mass is 262 g/mol. The molecular formula is C17H26O2. The van der Waals surface area contributed by atoms with Crippen LogP contribution < -0.4 is 0 Å². The lowest BCUT2D eigenvalue weighted by Gasteiger charge is -2.23. The third-order valence-electron chi connectivity index (χ3n) is 4.03. The highest BCUT2D eigenvalue weighted by Gasteiger charge is 2.16. The van der Waals surface area contributed by atoms with E-state index in [4.69, 9.17) is 4.74 Å². The van der Waals surface area contributed by atoms with Gasteiger partial charge in [0.2, 0.25) is 0 Å². The second kappa shape index (κ2) is 7.06. The van der Waals surface area contributed by atoms with Crippen molar-refractivity contribution in [3.8, 4) is 0 Å². The summed E-state index contributed by atoms with van der Waals surface area (Å²) in [6, 6.07) is 8.24. The first kappa shape index (κ1) is 14.5. The Kier molecular flexibility index (Phi) is 5.41. The molecule has 1 atom stereocenters. The highest BCUT2D eigenvalue weighted by molar-refractivity contribution is 5.26. The van der Waals surface area contributed by atoms with Crippen LogP contribution >= 0.6 is 0 Å². The zero-order chi connectivity index (χ0) is 13.7. The number of rotatable bonds is 5. The van der Waals surface area contributed by atoms with Crippen molar-refractivity contribution in [1.82, 2.24) is 0 Å². The fourth-order valence-corrected chi connectivity index (χ4v) is 2.66. The third kappa shape index (κ3) is 4.32. The number of ether oxygens (including phenoxy) is 1. The normalized spacial score (nSPS) is 18.7. The molecule has 0 bridgehead atoms. The first-order valence-electron chi connectivity index (χ1n) is 7.56. The minimum Gasteiger partial charge on any atom is -0.386 e. The highest BCUT2D eigenvalue weighted by atomic mass is 16.5. The maximum atomic E-state index is 10.2. The first-order chi connectivity index (χ1) is 9.16. The predicted molar refractivity (Wildman–Crippen MR) is 78.3 cm³/mol. The predicted octanol–water partition coefficient (Wildman–Crippen LogP) is 4.19. The largest absolute Gasteiger partial charge is 0.386 e. The summed E-state index contributed by atoms with van der Waals surface area (Å²) in [5, 5.41) is 10.2. The molecule has 1 fully saturated rings. The number of aliphatic hydroxyl groups is 1. The van der Waals surface area contributed by atoms with Crippen LogP contribution in [0.1, 0.15) is 69.1 Å². The molecule has 1 aliphatic rings. The van der Waals surface area contributed by atoms with Crippen LogP contribution in [0.15, 0.2) is 24.3 Å². The van der Waals surface area contributed by atoms with Crippen LogP contribution in [0.3, 0.4) is 0 Å². The molecule has 0 aliphatic heterocycles. The summed E-state index contributed by atoms with van der Waals surface area (Å²) in [5.74, 6) is 0.532. The average Bonchev–Trinajstić information content (AvgIpc) is 2.46. The molecule has 0 aromatic heterocycles. The second-order valence-corrected chi connectivity index (χ2v) is 5.93. The Morgan fingerprint density at radius 2 is 1.63 bits per heavy atom. The van der Waals surface area contributed by atoms with Gasteiger partial charge in [0.25, 0.3) is 0 Å². The van der Waals surface area contributed by atoms with E-state index in [0.29, 0.717) is 18.6 Å². The molecule has 106 valence electrons. The van der Waals surface area contributed by atoms with Gasteiger partial charge in [0.05, 0.1) is 12.7 Å². The summed E-state index contributed by atoms with van der Waals surface area (Å²) < 4.78 is 5.83. The second-order valence-electron chi connectivity index (χ2n) is 5.93. The molecule has 0 heterocycles. The average molecular weight is 262 g/mol. The van der Waals surface area contributed by atoms with E-state index in [0.717, 1.165) is 18.4 Å². The van der Waals surface area contributed by atoms with Crippen LogP contribution in [-0.2, 0) is 4.74 Å². The van der Waals surface area contributed by atoms with Gasteiger partial charge in [-0.15, -0.1) is 0 Å². The van der Waals surface area contributed by atoms with Crippen LogP contribution in [0.2, 0.25) is 0 Å². The molecule has 2 rings (SSSR count). The van der Waals surface area contributed by atoms with Crippen molar-refractivity contribution < 1.29 is 9.84 Å². The van der Waals surface area contributed by atoms with Crippen LogP contribution in [0.25, 0.3) is 0 Å². The van der Waals surface area contributed by atoms with Gasteiger partial charge in [-0.25, -0.2) is 0 Å². The van der Waals surface area contributed by atoms with Gasteiger partial charge in [-0.05, 0) is 29.9 Å². The van der Waals surface area contributed by atoms with Crippen LogP contribution in [-0.4, -0.2) is 17.8 Å². The van der Waals surface area contributed by atoms with Crippen LogP contribution in [0.4, 0.5) is 0 Å². The van der Waals surface area contributed by atoms with Gasteiger partial charge in [-0.2, -0.15) is 0 Å². The molecule has 1 aromatic carbocycles. The maximum Gasteiger partial charge on any atom is 0.102 e. The van der Waals surface area contributed by atoms with Crippen molar-refractivity contribution in [2.24, 2.45) is 0 Å². The molecule has 0 radical (unpaired) electrons. The van der Waals surface area contributed by atoms with E-state index in [2.05, 4.69) is 26.0 Å². The summed E-state index contributed by atoms with van der Waals surface area (Å²) in [7, 11) is 0. The third-order valence-corrected chi connectivity index (χ3v) is 4.03. The van der Waals surface area contributed by atoms with E-state index in [1.165, 1.54) is 24.8 Å². The quantitative estimate of drug-likeness (QED) is 0.862. The molecular weight excluding hydrogens is 236 g/mol. The molecule has 2 nitrogen and oxygen atoms in total. The molecule has 1 N–H and O–H groups in total. The maximum absolute atomic E-state index is 10.2. The molecule has 0 spiro atoms. The zero-order valence-electron chi connectivity index (χ0n) is 12.1. The first-order valence-corrected chi connectivity index (χ1v) is 7.56. The SMILES string of the molecule is CC(C)c1ccc(C(O)COC2CCCCC2)cc1. The van der Waals surface area contributed by atoms with Gasteiger partial charge in [0.1, 0.15) is 6.10 Å². The van der Waals surface area contributed by atoms with Crippen LogP contribution in [0.5, 0.6) is 0 Å². The Bertz CT molecular complexity index is 363. The minimum absolute atomic E-state index is 0.360. The minimum atomic E-state index is -0.497. The van der Waals surface area contributed by atoms with Crippen molar-refractivity contribution in [3.63, 3.8) is 0 Å². The summed E-state index contributed by atoms with van der Waals surface area (Å²) in [6.45, 7) is 4.78. The molecule has 0 amide bonds. The lowest BCUT2D eigenvalue weighted by Crippen LogP contribution is -2.20. The van der Waals surface area contributed by atoms with Crippen molar-refractivity contribution in [3.05, 3.63) is 35.4 Å². The lowest BCUT2D eigenvalue weighted by atomic mass is 9.97. The number of hydrogen-bond donors (Lipinski definition) is 1. The van der Waals surface area contributed by atoms with Gasteiger partial charge in [-0.3, -0.25) is 0 Å². The van der Waals surface area contributed by atoms with E-state index >= 15 is 0 Å². The molecule has 19 heavy (non-hydrogen) atoms. The summed E-state index contributed by atoms with van der Waals surface area (Å²) >= 11 is 0. The Morgan fingerprint density at radius 1 is 1.05 bits per heavy atom. The molecule has 1 saturated carbocycles. The van der Waals surface area contributed by atoms with E-state index < -0.39 is 6.10 Å². The summed E-state index contributed by atoms with van der Waals surface area (Å²) in [5.41, 5.74) is 2.27. The standard InChI is InChI=1S/C17H26O2/c1-13(2)14-8-10-15(11-9-14)17(18)12-19-16-6-4-3-5-7-16/h8-11,13,16-18H,3-7,12H2,1-2H3. The Balaban J connectivity index is 1.83. The highest BCUT2D eigenvalue weighted by Crippen LogP contribution is 2.23. The smallest absolute Gasteiger partial charge is 0.102 e. The number of aliphatic hydroxyl groups excluding tert-OH is 1. The van der Waals surface area contributed by atoms with Crippen molar-refractivity contribution in [1.29, 1.82) is 0 Å². The van der Waals surface area contributed by atoms with Gasteiger partial charge >= 0.3 is 0 Å². The summed E-state index contributed by atoms with van der Waals surface area (Å²) in [6.07, 6.45) is 6.03. The van der Waals surface area contributed by atoms with Gasteiger partial charge < -0.3 is 9.84 Å². The van der Waals surface area contributed by atoms with Gasteiger partial charge in [0.15, 0.2) is 0 Å². The Morgan fingerprint density at radius 3 is 2.21 bits per heavy atom. The molecule has 0 saturated heterocycles. The van der Waals surface area contributed by atoms with E-state index in [-0.39, 0.29) is 0 Å². The van der Waals surface area contributed by atoms with Gasteiger partial charge in [0, 0.05) is 0 Å². The molecule has 1 aromatic rings. The van der Waals surface area contributed by atoms with Crippen LogP contribution in [0, 0.1) is 0 Å². The fraction of sp³-hybridized carbons (Fsp3) is 0.647. The number of benzene rings is 1. The Hall–Kier alpha value is -0.860. The van der Waals surface area contributed by atoms with Gasteiger partial charge in [-0.1, -0.05) is 57.4 Å². The van der Waals surface area contributed by atoms with Crippen molar-refractivity contribution in [2.45, 2.75) is 64.1 Å². The molecule has 1 aliphatic carbocycles. The van der Waals surface area contributed by atoms with E-state index in [1.54, 1.807) is 0 Å². The van der Waals surface area contributed by atoms with Crippen molar-refractivity contribution >= 4 is 0 Å². The summed E-state index contributed by atoms with van der Waals surface area (Å²) in [4.78, 5) is 0. The molecule has 1 unspecified atom stereocenters. The van der Waals surface area contributed by atoms with E-state index in [9.17, 15) is 5.11 Å². The Labute approximate surface area is 116 Å². The topological polar surface area (TPSA) is 29.5 Å². The van der Waals surface area contributed by atoms with Crippen molar-refractivity contribution in [2.75, 3.05) is 6.61 Å². The fourth-order valence-electron chi connectivity index (χ4n) is 2.66. The molecule has 2 heteroatoms. The van der Waals surface area contributed by atoms with E-state index in [1.807, 2.05) is 12.1 Å². The zero-order valence-corrected chi connectivity index (χ0v) is 12.1. The lowest BCUT2D eigenvalue weighted by molar-refractivity contribution is -0.0245.